The van der Waals surface area contributed by atoms with Gasteiger partial charge in [-0.2, -0.15) is 0 Å². The lowest BCUT2D eigenvalue weighted by Gasteiger charge is -2.35. The van der Waals surface area contributed by atoms with E-state index in [4.69, 9.17) is 14.8 Å². The number of pyridine rings is 1. The normalized spacial score (nSPS) is 20.4. The maximum absolute atomic E-state index is 13.8. The number of hydrogen-bond acceptors (Lipinski definition) is 8. The van der Waals surface area contributed by atoms with Crippen LogP contribution < -0.4 is 19.8 Å². The van der Waals surface area contributed by atoms with Gasteiger partial charge in [-0.05, 0) is 68.4 Å². The van der Waals surface area contributed by atoms with Crippen LogP contribution in [0.2, 0.25) is 0 Å². The summed E-state index contributed by atoms with van der Waals surface area (Å²) in [5.41, 5.74) is 2.95. The van der Waals surface area contributed by atoms with Crippen LogP contribution in [0.25, 0.3) is 10.9 Å². The van der Waals surface area contributed by atoms with E-state index in [0.717, 1.165) is 42.7 Å². The van der Waals surface area contributed by atoms with E-state index in [-0.39, 0.29) is 12.0 Å². The van der Waals surface area contributed by atoms with Crippen molar-refractivity contribution < 1.29 is 23.1 Å². The van der Waals surface area contributed by atoms with Gasteiger partial charge >= 0.3 is 0 Å². The fourth-order valence-corrected chi connectivity index (χ4v) is 6.90. The van der Waals surface area contributed by atoms with Crippen LogP contribution in [0.15, 0.2) is 36.5 Å². The molecule has 6 rings (SSSR count). The lowest BCUT2D eigenvalue weighted by molar-refractivity contribution is 0.0530. The number of rotatable bonds is 8. The second kappa shape index (κ2) is 10.8. The monoisotopic (exact) mass is 582 g/mol. The summed E-state index contributed by atoms with van der Waals surface area (Å²) in [6.07, 6.45) is 6.70. The molecule has 3 fully saturated rings. The second-order valence-electron chi connectivity index (χ2n) is 11.6. The minimum atomic E-state index is -3.71. The van der Waals surface area contributed by atoms with Gasteiger partial charge in [0.1, 0.15) is 5.82 Å². The number of morpholine rings is 1. The average Bonchev–Trinajstić information content (AvgIpc) is 3.59. The maximum atomic E-state index is 13.8. The van der Waals surface area contributed by atoms with Crippen molar-refractivity contribution in [1.29, 1.82) is 0 Å². The van der Waals surface area contributed by atoms with Gasteiger partial charge in [0, 0.05) is 44.8 Å². The van der Waals surface area contributed by atoms with Gasteiger partial charge in [0.05, 0.1) is 47.5 Å². The molecule has 1 amide bonds. The van der Waals surface area contributed by atoms with E-state index in [0.29, 0.717) is 47.9 Å². The first kappa shape index (κ1) is 27.8. The van der Waals surface area contributed by atoms with Gasteiger partial charge in [-0.1, -0.05) is 0 Å². The number of fused-ring (bicyclic) bond motifs is 1. The van der Waals surface area contributed by atoms with Crippen molar-refractivity contribution in [1.82, 2.24) is 9.55 Å². The van der Waals surface area contributed by atoms with Crippen molar-refractivity contribution in [2.75, 3.05) is 65.0 Å². The highest BCUT2D eigenvalue weighted by Crippen LogP contribution is 2.54. The third kappa shape index (κ3) is 5.86. The van der Waals surface area contributed by atoms with Crippen molar-refractivity contribution in [3.05, 3.63) is 42.1 Å². The van der Waals surface area contributed by atoms with Crippen LogP contribution in [0.4, 0.5) is 23.0 Å². The van der Waals surface area contributed by atoms with Crippen molar-refractivity contribution in [3.63, 3.8) is 0 Å². The maximum Gasteiger partial charge on any atom is 0.258 e. The Bertz CT molecular complexity index is 1560. The molecule has 3 aliphatic rings. The Morgan fingerprint density at radius 1 is 1.12 bits per heavy atom. The quantitative estimate of drug-likeness (QED) is 0.370. The number of nitrogens with zero attached hydrogens (tertiary/aromatic N) is 4. The molecule has 1 spiro atoms. The highest BCUT2D eigenvalue weighted by Gasteiger charge is 2.44. The van der Waals surface area contributed by atoms with Crippen molar-refractivity contribution >= 4 is 49.8 Å². The molecule has 0 radical (unpaired) electrons. The SMILES string of the molecule is C[C@H]1CN(c2nc(NC(=O)c3ccc(NS(=O)(=O)CCO)cc3N3CCC4(CC3)CC4)cc3ccn(C)c23)CCO1. The van der Waals surface area contributed by atoms with Gasteiger partial charge in [0.25, 0.3) is 5.91 Å². The molecule has 2 aromatic heterocycles. The number of aromatic nitrogens is 2. The molecule has 3 N–H and O–H groups in total. The number of carbonyl (C=O) groups is 1. The molecule has 4 heterocycles. The molecule has 11 nitrogen and oxygen atoms in total. The van der Waals surface area contributed by atoms with E-state index in [1.54, 1.807) is 18.2 Å². The molecule has 1 atom stereocenters. The molecule has 2 saturated heterocycles. The molecule has 3 aromatic rings. The van der Waals surface area contributed by atoms with Gasteiger partial charge in [-0.25, -0.2) is 13.4 Å². The fraction of sp³-hybridized carbons (Fsp3) is 0.517. The molecule has 1 aliphatic carbocycles. The minimum absolute atomic E-state index is 0.0781. The molecule has 0 bridgehead atoms. The van der Waals surface area contributed by atoms with Crippen LogP contribution in [0.3, 0.4) is 0 Å². The van der Waals surface area contributed by atoms with Gasteiger partial charge in [0.15, 0.2) is 5.82 Å². The highest BCUT2D eigenvalue weighted by molar-refractivity contribution is 7.92. The van der Waals surface area contributed by atoms with Crippen molar-refractivity contribution in [3.8, 4) is 0 Å². The average molecular weight is 583 g/mol. The molecule has 1 aromatic carbocycles. The van der Waals surface area contributed by atoms with Crippen LogP contribution in [-0.4, -0.2) is 80.2 Å². The van der Waals surface area contributed by atoms with Gasteiger partial charge in [-0.15, -0.1) is 0 Å². The summed E-state index contributed by atoms with van der Waals surface area (Å²) in [6, 6.07) is 8.88. The Kier molecular flexibility index (Phi) is 7.33. The summed E-state index contributed by atoms with van der Waals surface area (Å²) < 4.78 is 35.0. The number of anilines is 4. The molecule has 2 aliphatic heterocycles. The number of aryl methyl sites for hydroxylation is 1. The number of ether oxygens (including phenoxy) is 1. The number of aliphatic hydroxyl groups is 1. The topological polar surface area (TPSA) is 129 Å². The fourth-order valence-electron chi connectivity index (χ4n) is 6.08. The molecule has 12 heteroatoms. The Hall–Kier alpha value is -3.35. The predicted molar refractivity (Wildman–Crippen MR) is 160 cm³/mol. The van der Waals surface area contributed by atoms with Gasteiger partial charge in [-0.3, -0.25) is 9.52 Å². The van der Waals surface area contributed by atoms with Crippen molar-refractivity contribution in [2.45, 2.75) is 38.7 Å². The zero-order chi connectivity index (χ0) is 28.8. The first-order valence-electron chi connectivity index (χ1n) is 14.3. The smallest absolute Gasteiger partial charge is 0.258 e. The molecule has 0 unspecified atom stereocenters. The molecule has 41 heavy (non-hydrogen) atoms. The number of amides is 1. The van der Waals surface area contributed by atoms with Crippen LogP contribution in [0.1, 0.15) is 43.0 Å². The highest BCUT2D eigenvalue weighted by atomic mass is 32.2. The van der Waals surface area contributed by atoms with Crippen molar-refractivity contribution in [2.24, 2.45) is 12.5 Å². The van der Waals surface area contributed by atoms with E-state index in [1.807, 2.05) is 36.9 Å². The van der Waals surface area contributed by atoms with Crippen LogP contribution >= 0.6 is 0 Å². The molecule has 220 valence electrons. The number of carbonyl (C=O) groups excluding carboxylic acids is 1. The van der Waals surface area contributed by atoms with E-state index in [2.05, 4.69) is 19.8 Å². The first-order valence-corrected chi connectivity index (χ1v) is 15.9. The zero-order valence-corrected chi connectivity index (χ0v) is 24.4. The first-order chi connectivity index (χ1) is 19.7. The Morgan fingerprint density at radius 2 is 1.90 bits per heavy atom. The molecular weight excluding hydrogens is 544 g/mol. The van der Waals surface area contributed by atoms with E-state index < -0.39 is 22.4 Å². The lowest BCUT2D eigenvalue weighted by Crippen LogP contribution is -2.41. The summed E-state index contributed by atoms with van der Waals surface area (Å²) in [6.45, 7) is 5.21. The lowest BCUT2D eigenvalue weighted by atomic mass is 9.93. The van der Waals surface area contributed by atoms with E-state index in [1.165, 1.54) is 12.8 Å². The van der Waals surface area contributed by atoms with Crippen LogP contribution in [0, 0.1) is 5.41 Å². The van der Waals surface area contributed by atoms with Gasteiger partial charge in [0.2, 0.25) is 10.0 Å². The Balaban J connectivity index is 1.31. The second-order valence-corrected chi connectivity index (χ2v) is 13.5. The standard InChI is InChI=1S/C29H38N6O5S/c1-20-19-35(13-15-40-20)27-26-21(5-10-33(26)2)17-25(30-27)31-28(37)23-4-3-22(32-41(38,39)16-14-36)18-24(23)34-11-8-29(6-7-29)9-12-34/h3-5,10,17-18,20,32,36H,6-9,11-16,19H2,1-2H3,(H,30,31,37)/t20-/m0/s1. The zero-order valence-electron chi connectivity index (χ0n) is 23.6. The number of sulfonamides is 1. The number of hydrogen-bond donors (Lipinski definition) is 3. The van der Waals surface area contributed by atoms with E-state index in [9.17, 15) is 13.2 Å². The number of benzene rings is 1. The van der Waals surface area contributed by atoms with Crippen LogP contribution in [-0.2, 0) is 21.8 Å². The predicted octanol–water partition coefficient (Wildman–Crippen LogP) is 3.17. The summed E-state index contributed by atoms with van der Waals surface area (Å²) in [7, 11) is -1.72. The Labute approximate surface area is 240 Å². The van der Waals surface area contributed by atoms with Gasteiger partial charge < -0.3 is 29.5 Å². The Morgan fingerprint density at radius 3 is 2.61 bits per heavy atom. The summed E-state index contributed by atoms with van der Waals surface area (Å²) >= 11 is 0. The van der Waals surface area contributed by atoms with Crippen LogP contribution in [0.5, 0.6) is 0 Å². The third-order valence-electron chi connectivity index (χ3n) is 8.61. The third-order valence-corrected chi connectivity index (χ3v) is 9.88. The van der Waals surface area contributed by atoms with E-state index >= 15 is 0 Å². The largest absolute Gasteiger partial charge is 0.395 e. The summed E-state index contributed by atoms with van der Waals surface area (Å²) in [4.78, 5) is 23.1. The summed E-state index contributed by atoms with van der Waals surface area (Å²) in [5, 5.41) is 13.1. The number of piperidine rings is 1. The molecular formula is C29H38N6O5S. The number of nitrogens with one attached hydrogen (secondary N) is 2. The summed E-state index contributed by atoms with van der Waals surface area (Å²) in [5.74, 6) is 0.562. The number of aliphatic hydroxyl groups excluding tert-OH is 1. The molecule has 1 saturated carbocycles. The minimum Gasteiger partial charge on any atom is -0.395 e.